The van der Waals surface area contributed by atoms with Crippen molar-refractivity contribution in [2.75, 3.05) is 0 Å². The van der Waals surface area contributed by atoms with Gasteiger partial charge < -0.3 is 14.4 Å². The van der Waals surface area contributed by atoms with Gasteiger partial charge in [0.15, 0.2) is 0 Å². The van der Waals surface area contributed by atoms with E-state index in [-0.39, 0.29) is 18.4 Å². The molecule has 0 saturated carbocycles. The molecular formula is C23H20ClN5O4. The van der Waals surface area contributed by atoms with E-state index in [1.807, 2.05) is 19.9 Å². The highest BCUT2D eigenvalue weighted by Crippen LogP contribution is 2.35. The molecule has 0 aliphatic rings. The van der Waals surface area contributed by atoms with Crippen molar-refractivity contribution in [3.8, 4) is 28.6 Å². The number of ether oxygens (including phenoxy) is 1. The predicted octanol–water partition coefficient (Wildman–Crippen LogP) is 5.61. The second-order valence-corrected chi connectivity index (χ2v) is 8.05. The van der Waals surface area contributed by atoms with Gasteiger partial charge >= 0.3 is 5.97 Å². The molecule has 0 unspecified atom stereocenters. The summed E-state index contributed by atoms with van der Waals surface area (Å²) in [7, 11) is 0. The van der Waals surface area contributed by atoms with E-state index in [0.29, 0.717) is 46.4 Å². The number of carbonyl (C=O) groups is 1. The molecule has 0 spiro atoms. The van der Waals surface area contributed by atoms with Crippen LogP contribution in [0.25, 0.3) is 38.6 Å². The third-order valence-corrected chi connectivity index (χ3v) is 5.16. The van der Waals surface area contributed by atoms with Gasteiger partial charge in [0, 0.05) is 29.5 Å². The quantitative estimate of drug-likeness (QED) is 0.337. The van der Waals surface area contributed by atoms with Crippen LogP contribution in [0.3, 0.4) is 0 Å². The minimum absolute atomic E-state index is 0.0510. The third-order valence-electron chi connectivity index (χ3n) is 4.85. The van der Waals surface area contributed by atoms with Crippen LogP contribution in [0, 0.1) is 6.57 Å². The molecule has 0 fully saturated rings. The molecule has 1 N–H and O–H groups in total. The molecule has 168 valence electrons. The second kappa shape index (κ2) is 9.30. The number of halogens is 1. The molecule has 0 amide bonds. The molecule has 2 aromatic carbocycles. The smallest absolute Gasteiger partial charge is 0.303 e. The van der Waals surface area contributed by atoms with E-state index in [2.05, 4.69) is 20.1 Å². The minimum atomic E-state index is -0.842. The molecule has 9 nitrogen and oxygen atoms in total. The fourth-order valence-electron chi connectivity index (χ4n) is 3.37. The SMILES string of the molecule is [C-]#[N+]c1cc(-c2nc(-c3cc4cnn(CCCC(=O)O)c4cc3Cl)no2)ccc1OC(C)C. The zero-order valence-corrected chi connectivity index (χ0v) is 18.7. The summed E-state index contributed by atoms with van der Waals surface area (Å²) in [6.45, 7) is 11.7. The van der Waals surface area contributed by atoms with Gasteiger partial charge in [-0.2, -0.15) is 10.1 Å². The Kier molecular flexibility index (Phi) is 6.29. The maximum absolute atomic E-state index is 10.8. The topological polar surface area (TPSA) is 108 Å². The van der Waals surface area contributed by atoms with E-state index in [1.165, 1.54) is 0 Å². The largest absolute Gasteiger partial charge is 0.502 e. The average Bonchev–Trinajstić information content (AvgIpc) is 3.40. The molecule has 0 atom stereocenters. The Morgan fingerprint density at radius 2 is 2.15 bits per heavy atom. The number of benzene rings is 2. The summed E-state index contributed by atoms with van der Waals surface area (Å²) in [5.74, 6) is 0.219. The zero-order chi connectivity index (χ0) is 23.5. The molecule has 0 radical (unpaired) electrons. The molecule has 33 heavy (non-hydrogen) atoms. The van der Waals surface area contributed by atoms with Crippen molar-refractivity contribution in [3.63, 3.8) is 0 Å². The van der Waals surface area contributed by atoms with Crippen molar-refractivity contribution in [2.45, 2.75) is 39.3 Å². The van der Waals surface area contributed by atoms with Crippen molar-refractivity contribution in [1.29, 1.82) is 0 Å². The van der Waals surface area contributed by atoms with Crippen LogP contribution in [0.1, 0.15) is 26.7 Å². The number of aromatic nitrogens is 4. The van der Waals surface area contributed by atoms with Gasteiger partial charge in [0.25, 0.3) is 5.89 Å². The Labute approximate surface area is 194 Å². The summed E-state index contributed by atoms with van der Waals surface area (Å²) in [5, 5.41) is 18.5. The Morgan fingerprint density at radius 1 is 1.33 bits per heavy atom. The first-order valence-corrected chi connectivity index (χ1v) is 10.6. The number of carboxylic acid groups (broad SMARTS) is 1. The van der Waals surface area contributed by atoms with Crippen LogP contribution in [0.2, 0.25) is 5.02 Å². The van der Waals surface area contributed by atoms with E-state index in [1.54, 1.807) is 35.1 Å². The molecule has 0 saturated heterocycles. The minimum Gasteiger partial charge on any atom is -0.502 e. The molecular weight excluding hydrogens is 446 g/mol. The van der Waals surface area contributed by atoms with Gasteiger partial charge in [-0.25, -0.2) is 4.85 Å². The van der Waals surface area contributed by atoms with Crippen LogP contribution in [0.4, 0.5) is 5.69 Å². The summed E-state index contributed by atoms with van der Waals surface area (Å²) in [5.41, 5.74) is 2.32. The van der Waals surface area contributed by atoms with Crippen LogP contribution in [0.5, 0.6) is 5.75 Å². The van der Waals surface area contributed by atoms with E-state index >= 15 is 0 Å². The van der Waals surface area contributed by atoms with Crippen LogP contribution in [0.15, 0.2) is 41.1 Å². The van der Waals surface area contributed by atoms with Gasteiger partial charge in [0.1, 0.15) is 5.75 Å². The first-order valence-electron chi connectivity index (χ1n) is 10.2. The fraction of sp³-hybridized carbons (Fsp3) is 0.261. The van der Waals surface area contributed by atoms with Crippen molar-refractivity contribution in [1.82, 2.24) is 19.9 Å². The number of fused-ring (bicyclic) bond motifs is 1. The van der Waals surface area contributed by atoms with Gasteiger partial charge in [0.2, 0.25) is 11.5 Å². The number of hydrogen-bond donors (Lipinski definition) is 1. The van der Waals surface area contributed by atoms with Crippen LogP contribution < -0.4 is 4.74 Å². The number of hydrogen-bond acceptors (Lipinski definition) is 6. The molecule has 0 aliphatic carbocycles. The van der Waals surface area contributed by atoms with Crippen LogP contribution in [-0.2, 0) is 11.3 Å². The van der Waals surface area contributed by atoms with Gasteiger partial charge in [-0.05, 0) is 50.6 Å². The normalized spacial score (nSPS) is 11.1. The van der Waals surface area contributed by atoms with Gasteiger partial charge in [-0.15, -0.1) is 0 Å². The van der Waals surface area contributed by atoms with Gasteiger partial charge in [-0.3, -0.25) is 9.48 Å². The Morgan fingerprint density at radius 3 is 2.88 bits per heavy atom. The molecule has 2 heterocycles. The predicted molar refractivity (Wildman–Crippen MR) is 122 cm³/mol. The standard InChI is InChI=1S/C23H20ClN5O4/c1-13(2)32-20-7-6-14(10-18(20)25-3)23-27-22(28-33-23)16-9-15-12-26-29(8-4-5-21(30)31)19(15)11-17(16)24/h6-7,9-13H,4-5,8H2,1-2H3,(H,30,31). The summed E-state index contributed by atoms with van der Waals surface area (Å²) in [6.07, 6.45) is 2.17. The second-order valence-electron chi connectivity index (χ2n) is 7.64. The highest BCUT2D eigenvalue weighted by Gasteiger charge is 2.17. The monoisotopic (exact) mass is 465 g/mol. The van der Waals surface area contributed by atoms with Crippen LogP contribution >= 0.6 is 11.6 Å². The Hall–Kier alpha value is -3.90. The molecule has 0 aliphatic heterocycles. The number of carboxylic acids is 1. The van der Waals surface area contributed by atoms with E-state index in [0.717, 1.165) is 10.9 Å². The maximum atomic E-state index is 10.8. The molecule has 4 rings (SSSR count). The zero-order valence-electron chi connectivity index (χ0n) is 17.9. The highest BCUT2D eigenvalue weighted by atomic mass is 35.5. The molecule has 10 heteroatoms. The van der Waals surface area contributed by atoms with Crippen molar-refractivity contribution >= 4 is 34.2 Å². The molecule has 0 bridgehead atoms. The lowest BCUT2D eigenvalue weighted by Gasteiger charge is -2.11. The summed E-state index contributed by atoms with van der Waals surface area (Å²) in [4.78, 5) is 18.7. The van der Waals surface area contributed by atoms with E-state index < -0.39 is 5.97 Å². The summed E-state index contributed by atoms with van der Waals surface area (Å²) >= 11 is 6.51. The average molecular weight is 466 g/mol. The fourth-order valence-corrected chi connectivity index (χ4v) is 3.61. The maximum Gasteiger partial charge on any atom is 0.303 e. The van der Waals surface area contributed by atoms with Gasteiger partial charge in [-0.1, -0.05) is 16.8 Å². The number of aliphatic carboxylic acids is 1. The lowest BCUT2D eigenvalue weighted by Crippen LogP contribution is -2.05. The van der Waals surface area contributed by atoms with Crippen molar-refractivity contribution < 1.29 is 19.2 Å². The summed E-state index contributed by atoms with van der Waals surface area (Å²) in [6, 6.07) is 8.69. The highest BCUT2D eigenvalue weighted by molar-refractivity contribution is 6.34. The lowest BCUT2D eigenvalue weighted by atomic mass is 10.1. The van der Waals surface area contributed by atoms with Crippen molar-refractivity contribution in [3.05, 3.63) is 53.0 Å². The third kappa shape index (κ3) is 4.81. The van der Waals surface area contributed by atoms with Crippen LogP contribution in [-0.4, -0.2) is 37.1 Å². The summed E-state index contributed by atoms with van der Waals surface area (Å²) < 4.78 is 12.8. The molecule has 2 aromatic heterocycles. The number of nitrogens with zero attached hydrogens (tertiary/aromatic N) is 5. The van der Waals surface area contributed by atoms with E-state index in [9.17, 15) is 4.79 Å². The first kappa shape index (κ1) is 22.3. The van der Waals surface area contributed by atoms with E-state index in [4.69, 9.17) is 32.5 Å². The van der Waals surface area contributed by atoms with Crippen molar-refractivity contribution in [2.24, 2.45) is 0 Å². The first-order chi connectivity index (χ1) is 15.9. The number of aryl methyl sites for hydroxylation is 1. The number of rotatable bonds is 8. The Balaban J connectivity index is 1.62. The van der Waals surface area contributed by atoms with Gasteiger partial charge in [0.05, 0.1) is 29.4 Å². The molecule has 4 aromatic rings. The lowest BCUT2D eigenvalue weighted by molar-refractivity contribution is -0.137. The Bertz CT molecular complexity index is 1370.